The molecule has 2 aliphatic heterocycles. The van der Waals surface area contributed by atoms with E-state index in [0.29, 0.717) is 11.3 Å². The van der Waals surface area contributed by atoms with E-state index in [-0.39, 0.29) is 47.6 Å². The molecule has 8 nitrogen and oxygen atoms in total. The molecule has 0 saturated carbocycles. The lowest BCUT2D eigenvalue weighted by molar-refractivity contribution is -0.145. The summed E-state index contributed by atoms with van der Waals surface area (Å²) in [6.45, 7) is 3.98. The predicted octanol–water partition coefficient (Wildman–Crippen LogP) is 3.50. The summed E-state index contributed by atoms with van der Waals surface area (Å²) in [6.07, 6.45) is -1.16. The van der Waals surface area contributed by atoms with Crippen molar-refractivity contribution in [1.82, 2.24) is 0 Å². The normalized spacial score (nSPS) is 24.7. The molecular formula is C23H26O8. The lowest BCUT2D eigenvalue weighted by Gasteiger charge is -2.20. The largest absolute Gasteiger partial charge is 0.504 e. The highest BCUT2D eigenvalue weighted by atomic mass is 16.6. The van der Waals surface area contributed by atoms with Gasteiger partial charge in [-0.25, -0.2) is 0 Å². The van der Waals surface area contributed by atoms with E-state index < -0.39 is 18.1 Å². The number of phenolic OH excluding ortho intramolecular Hbond substituents is 2. The monoisotopic (exact) mass is 430 g/mol. The molecule has 2 N–H and O–H groups in total. The van der Waals surface area contributed by atoms with E-state index in [4.69, 9.17) is 23.7 Å². The van der Waals surface area contributed by atoms with Gasteiger partial charge < -0.3 is 33.9 Å². The second kappa shape index (κ2) is 8.19. The molecule has 8 heteroatoms. The molecule has 0 amide bonds. The van der Waals surface area contributed by atoms with Crippen LogP contribution >= 0.6 is 0 Å². The van der Waals surface area contributed by atoms with Crippen LogP contribution < -0.4 is 14.2 Å². The fraction of sp³-hybridized carbons (Fsp3) is 0.435. The quantitative estimate of drug-likeness (QED) is 0.671. The zero-order valence-corrected chi connectivity index (χ0v) is 17.8. The van der Waals surface area contributed by atoms with Crippen molar-refractivity contribution in [2.75, 3.05) is 20.8 Å². The number of carbonyl (C=O) groups excluding carboxylic acids is 1. The Morgan fingerprint density at radius 3 is 2.23 bits per heavy atom. The van der Waals surface area contributed by atoms with Gasteiger partial charge in [0.2, 0.25) is 5.75 Å². The van der Waals surface area contributed by atoms with Gasteiger partial charge in [-0.3, -0.25) is 4.79 Å². The number of benzene rings is 2. The fourth-order valence-corrected chi connectivity index (χ4v) is 4.28. The molecule has 4 rings (SSSR count). The Balaban J connectivity index is 1.70. The average molecular weight is 430 g/mol. The molecule has 4 atom stereocenters. The van der Waals surface area contributed by atoms with Crippen LogP contribution in [0.4, 0.5) is 0 Å². The molecule has 0 spiro atoms. The molecule has 2 aromatic carbocycles. The third-order valence-corrected chi connectivity index (χ3v) is 5.66. The Morgan fingerprint density at radius 1 is 0.968 bits per heavy atom. The van der Waals surface area contributed by atoms with E-state index in [9.17, 15) is 15.0 Å². The third kappa shape index (κ3) is 3.72. The number of aromatic hydroxyl groups is 2. The second-order valence-corrected chi connectivity index (χ2v) is 7.96. The lowest BCUT2D eigenvalue weighted by atomic mass is 9.85. The van der Waals surface area contributed by atoms with Gasteiger partial charge >= 0.3 is 5.97 Å². The van der Waals surface area contributed by atoms with Crippen LogP contribution in [0.3, 0.4) is 0 Å². The summed E-state index contributed by atoms with van der Waals surface area (Å²) < 4.78 is 27.8. The van der Waals surface area contributed by atoms with Gasteiger partial charge in [0.15, 0.2) is 23.0 Å². The highest BCUT2D eigenvalue weighted by Gasteiger charge is 2.54. The fourth-order valence-electron chi connectivity index (χ4n) is 4.28. The molecule has 0 unspecified atom stereocenters. The molecule has 31 heavy (non-hydrogen) atoms. The minimum atomic E-state index is -0.623. The molecule has 0 bridgehead atoms. The van der Waals surface area contributed by atoms with E-state index in [0.717, 1.165) is 5.56 Å². The van der Waals surface area contributed by atoms with Crippen molar-refractivity contribution in [3.8, 4) is 28.7 Å². The van der Waals surface area contributed by atoms with Gasteiger partial charge in [0, 0.05) is 5.92 Å². The standard InChI is InChI=1S/C23H26O8/c1-11(2)30-16-6-5-12(7-15(16)24)21-14-10-29-23(26)19(14)22(31-21)13-8-17(27-3)20(25)18(9-13)28-4/h5-9,11,14,19,21-22,24-25H,10H2,1-4H3/t14-,19-,21+,22+/m0/s1. The number of fused-ring (bicyclic) bond motifs is 1. The van der Waals surface area contributed by atoms with Crippen molar-refractivity contribution in [3.63, 3.8) is 0 Å². The summed E-state index contributed by atoms with van der Waals surface area (Å²) in [5.74, 6) is -0.386. The molecule has 2 aromatic rings. The van der Waals surface area contributed by atoms with E-state index in [2.05, 4.69) is 0 Å². The average Bonchev–Trinajstić information content (AvgIpc) is 3.30. The van der Waals surface area contributed by atoms with Crippen LogP contribution in [0.5, 0.6) is 28.7 Å². The van der Waals surface area contributed by atoms with Gasteiger partial charge in [-0.2, -0.15) is 0 Å². The van der Waals surface area contributed by atoms with Gasteiger partial charge in [-0.15, -0.1) is 0 Å². The molecule has 166 valence electrons. The van der Waals surface area contributed by atoms with E-state index in [1.54, 1.807) is 24.3 Å². The van der Waals surface area contributed by atoms with Gasteiger partial charge in [0.05, 0.1) is 45.1 Å². The maximum Gasteiger partial charge on any atom is 0.312 e. The van der Waals surface area contributed by atoms with Crippen LogP contribution in [-0.4, -0.2) is 43.1 Å². The summed E-state index contributed by atoms with van der Waals surface area (Å²) in [4.78, 5) is 12.6. The highest BCUT2D eigenvalue weighted by molar-refractivity contribution is 5.76. The maximum atomic E-state index is 12.6. The first-order chi connectivity index (χ1) is 14.8. The molecule has 2 aliphatic rings. The predicted molar refractivity (Wildman–Crippen MR) is 110 cm³/mol. The number of cyclic esters (lactones) is 1. The topological polar surface area (TPSA) is 104 Å². The molecule has 2 fully saturated rings. The van der Waals surface area contributed by atoms with Gasteiger partial charge in [-0.1, -0.05) is 6.07 Å². The van der Waals surface area contributed by atoms with Crippen molar-refractivity contribution in [2.24, 2.45) is 11.8 Å². The van der Waals surface area contributed by atoms with Crippen molar-refractivity contribution in [3.05, 3.63) is 41.5 Å². The molecule has 2 heterocycles. The molecular weight excluding hydrogens is 404 g/mol. The molecule has 0 aliphatic carbocycles. The number of esters is 1. The number of methoxy groups -OCH3 is 2. The molecule has 2 saturated heterocycles. The minimum Gasteiger partial charge on any atom is -0.504 e. The van der Waals surface area contributed by atoms with Crippen molar-refractivity contribution in [1.29, 1.82) is 0 Å². The zero-order valence-electron chi connectivity index (χ0n) is 17.8. The zero-order chi connectivity index (χ0) is 22.3. The number of rotatable bonds is 6. The van der Waals surface area contributed by atoms with Crippen LogP contribution in [0, 0.1) is 11.8 Å². The second-order valence-electron chi connectivity index (χ2n) is 7.96. The van der Waals surface area contributed by atoms with Crippen LogP contribution in [0.25, 0.3) is 0 Å². The van der Waals surface area contributed by atoms with Gasteiger partial charge in [0.1, 0.15) is 0 Å². The van der Waals surface area contributed by atoms with Crippen LogP contribution in [-0.2, 0) is 14.3 Å². The summed E-state index contributed by atoms with van der Waals surface area (Å²) in [6, 6.07) is 8.38. The first-order valence-electron chi connectivity index (χ1n) is 10.1. The number of hydrogen-bond donors (Lipinski definition) is 2. The number of hydrogen-bond acceptors (Lipinski definition) is 8. The molecule has 0 radical (unpaired) electrons. The summed E-state index contributed by atoms with van der Waals surface area (Å²) in [5, 5.41) is 20.6. The van der Waals surface area contributed by atoms with E-state index in [1.165, 1.54) is 14.2 Å². The highest BCUT2D eigenvalue weighted by Crippen LogP contribution is 2.54. The van der Waals surface area contributed by atoms with Crippen molar-refractivity contribution in [2.45, 2.75) is 32.2 Å². The van der Waals surface area contributed by atoms with Crippen molar-refractivity contribution < 1.29 is 38.7 Å². The smallest absolute Gasteiger partial charge is 0.312 e. The van der Waals surface area contributed by atoms with Crippen molar-refractivity contribution >= 4 is 5.97 Å². The van der Waals surface area contributed by atoms with E-state index >= 15 is 0 Å². The first kappa shape index (κ1) is 21.1. The Labute approximate surface area is 180 Å². The maximum absolute atomic E-state index is 12.6. The van der Waals surface area contributed by atoms with Gasteiger partial charge in [0.25, 0.3) is 0 Å². The Kier molecular flexibility index (Phi) is 5.58. The SMILES string of the molecule is COc1cc([C@H]2O[C@H](c3ccc(OC(C)C)c(O)c3)[C@H]3COC(=O)[C@@H]32)cc(OC)c1O. The van der Waals surface area contributed by atoms with Crippen LogP contribution in [0.2, 0.25) is 0 Å². The van der Waals surface area contributed by atoms with Crippen LogP contribution in [0.15, 0.2) is 30.3 Å². The summed E-state index contributed by atoms with van der Waals surface area (Å²) in [7, 11) is 2.87. The number of ether oxygens (including phenoxy) is 5. The number of carbonyl (C=O) groups is 1. The minimum absolute atomic E-state index is 0.00742. The Hall–Kier alpha value is -3.13. The molecule has 0 aromatic heterocycles. The Morgan fingerprint density at radius 2 is 1.65 bits per heavy atom. The Bertz CT molecular complexity index is 961. The lowest BCUT2D eigenvalue weighted by Crippen LogP contribution is -2.18. The van der Waals surface area contributed by atoms with Gasteiger partial charge in [-0.05, 0) is 49.2 Å². The van der Waals surface area contributed by atoms with Crippen LogP contribution in [0.1, 0.15) is 37.2 Å². The first-order valence-corrected chi connectivity index (χ1v) is 10.1. The third-order valence-electron chi connectivity index (χ3n) is 5.66. The van der Waals surface area contributed by atoms with E-state index in [1.807, 2.05) is 19.9 Å². The summed E-state index contributed by atoms with van der Waals surface area (Å²) in [5.41, 5.74) is 1.36. The summed E-state index contributed by atoms with van der Waals surface area (Å²) >= 11 is 0. The number of phenols is 2.